The van der Waals surface area contributed by atoms with E-state index in [1.165, 1.54) is 66.8 Å². The Labute approximate surface area is 358 Å². The fraction of sp³-hybridized carbons (Fsp3) is 0.164. The molecule has 0 spiro atoms. The summed E-state index contributed by atoms with van der Waals surface area (Å²) in [5.74, 6) is 7.01. The lowest BCUT2D eigenvalue weighted by molar-refractivity contribution is 1.27. The van der Waals surface area contributed by atoms with E-state index in [1.807, 2.05) is 24.3 Å². The number of fused-ring (bicyclic) bond motifs is 8. The minimum atomic E-state index is 0.798. The molecular weight excluding hydrogens is 749 g/mol. The number of nitrogens with zero attached hydrogens (tertiary/aromatic N) is 2. The molecule has 60 heavy (non-hydrogen) atoms. The van der Waals surface area contributed by atoms with Crippen LogP contribution in [0.4, 0.5) is 0 Å². The lowest BCUT2D eigenvalue weighted by Crippen LogP contribution is -1.96. The van der Waals surface area contributed by atoms with E-state index >= 15 is 0 Å². The molecule has 294 valence electrons. The quantitative estimate of drug-likeness (QED) is 0.123. The van der Waals surface area contributed by atoms with Crippen LogP contribution in [0.3, 0.4) is 0 Å². The van der Waals surface area contributed by atoms with Crippen molar-refractivity contribution in [1.82, 2.24) is 19.9 Å². The van der Waals surface area contributed by atoms with Gasteiger partial charge in [-0.2, -0.15) is 0 Å². The highest BCUT2D eigenvalue weighted by Gasteiger charge is 2.22. The van der Waals surface area contributed by atoms with E-state index in [2.05, 4.69) is 182 Å². The molecule has 0 fully saturated rings. The molecule has 9 rings (SSSR count). The number of benzene rings is 4. The summed E-state index contributed by atoms with van der Waals surface area (Å²) in [5, 5.41) is 0. The maximum Gasteiger partial charge on any atom is 0.0815 e. The van der Waals surface area contributed by atoms with Crippen LogP contribution in [0.5, 0.6) is 0 Å². The second-order valence-corrected chi connectivity index (χ2v) is 17.1. The Kier molecular flexibility index (Phi) is 9.85. The first-order valence-corrected chi connectivity index (χ1v) is 21.0. The third-order valence-electron chi connectivity index (χ3n) is 11.7. The molecule has 0 atom stereocenters. The molecule has 0 radical (unpaired) electrons. The summed E-state index contributed by atoms with van der Waals surface area (Å²) in [7, 11) is 0. The van der Waals surface area contributed by atoms with Crippen molar-refractivity contribution < 1.29 is 0 Å². The summed E-state index contributed by atoms with van der Waals surface area (Å²) < 4.78 is 0. The average molecular weight is 797 g/mol. The van der Waals surface area contributed by atoms with Gasteiger partial charge in [0.15, 0.2) is 0 Å². The van der Waals surface area contributed by atoms with Crippen LogP contribution in [-0.4, -0.2) is 19.9 Å². The first-order valence-electron chi connectivity index (χ1n) is 20.5. The van der Waals surface area contributed by atoms with E-state index in [4.69, 9.17) is 9.97 Å². The highest BCUT2D eigenvalue weighted by atomic mass is 32.1. The van der Waals surface area contributed by atoms with Crippen molar-refractivity contribution in [3.63, 3.8) is 0 Å². The standard InChI is InChI=1S/C55H48N4S/c1-30-24-33(4)50(34(5)25-30)53-44-18-16-42(56-44)41(15-12-39-10-13-40(60)14-11-39)43-17-19-45(57-43)54(51-35(6)26-31(2)27-36(51)7)47-21-23-49(59-47)55(48-22-20-46(53)58-48)52-37(8)28-32(3)29-38(52)9/h10-11,13-14,16-29,56,59-60H,1-9H3. The van der Waals surface area contributed by atoms with Gasteiger partial charge in [-0.25, -0.2) is 9.97 Å². The number of hydrogen-bond acceptors (Lipinski definition) is 3. The van der Waals surface area contributed by atoms with E-state index in [9.17, 15) is 0 Å². The first-order chi connectivity index (χ1) is 28.8. The SMILES string of the molecule is Cc1cc(C)c(-c2c3nc(c(-c4c(C)cc(C)cc4C)c4ccc([nH]4)c(-c4c(C)cc(C)cc4C)c4nc(c(C#Cc5ccc(S)cc5)c5ccc2[nH]5)C=C4)C=C3)c(C)c1. The van der Waals surface area contributed by atoms with Crippen molar-refractivity contribution >= 4 is 59.0 Å². The summed E-state index contributed by atoms with van der Waals surface area (Å²) in [4.78, 5) is 19.8. The molecule has 3 aromatic heterocycles. The van der Waals surface area contributed by atoms with Crippen molar-refractivity contribution in [3.8, 4) is 45.2 Å². The average Bonchev–Trinajstić information content (AvgIpc) is 4.02. The smallest absolute Gasteiger partial charge is 0.0815 e. The fourth-order valence-corrected chi connectivity index (χ4v) is 9.68. The van der Waals surface area contributed by atoms with Crippen LogP contribution in [0.15, 0.2) is 89.8 Å². The van der Waals surface area contributed by atoms with Gasteiger partial charge in [-0.3, -0.25) is 0 Å². The van der Waals surface area contributed by atoms with Crippen molar-refractivity contribution in [2.75, 3.05) is 0 Å². The third-order valence-corrected chi connectivity index (χ3v) is 12.0. The Morgan fingerprint density at radius 3 is 1.12 bits per heavy atom. The Morgan fingerprint density at radius 1 is 0.383 bits per heavy atom. The first kappa shape index (κ1) is 38.9. The lowest BCUT2D eigenvalue weighted by Gasteiger charge is -2.14. The van der Waals surface area contributed by atoms with Gasteiger partial charge >= 0.3 is 0 Å². The number of H-pyrrole nitrogens is 2. The van der Waals surface area contributed by atoms with Crippen LogP contribution in [0.25, 0.3) is 79.8 Å². The van der Waals surface area contributed by atoms with E-state index < -0.39 is 0 Å². The molecule has 5 heterocycles. The Balaban J connectivity index is 1.50. The van der Waals surface area contributed by atoms with Crippen LogP contribution in [0.2, 0.25) is 0 Å². The summed E-state index contributed by atoms with van der Waals surface area (Å²) in [6.45, 7) is 19.7. The van der Waals surface area contributed by atoms with Gasteiger partial charge in [-0.05, 0) is 185 Å². The normalized spacial score (nSPS) is 11.9. The van der Waals surface area contributed by atoms with Gasteiger partial charge in [0.25, 0.3) is 0 Å². The molecule has 0 unspecified atom stereocenters. The predicted octanol–water partition coefficient (Wildman–Crippen LogP) is 14.1. The van der Waals surface area contributed by atoms with Crippen LogP contribution >= 0.6 is 12.6 Å². The summed E-state index contributed by atoms with van der Waals surface area (Å²) in [5.41, 5.74) is 26.7. The van der Waals surface area contributed by atoms with Gasteiger partial charge in [0.05, 0.1) is 33.9 Å². The van der Waals surface area contributed by atoms with E-state index in [1.54, 1.807) is 0 Å². The zero-order chi connectivity index (χ0) is 42.0. The number of nitrogens with one attached hydrogen (secondary N) is 2. The van der Waals surface area contributed by atoms with Gasteiger partial charge in [-0.15, -0.1) is 12.6 Å². The maximum absolute atomic E-state index is 5.59. The minimum Gasteiger partial charge on any atom is -0.354 e. The van der Waals surface area contributed by atoms with E-state index in [0.29, 0.717) is 0 Å². The van der Waals surface area contributed by atoms with E-state index in [-0.39, 0.29) is 0 Å². The molecule has 0 saturated heterocycles. The van der Waals surface area contributed by atoms with E-state index in [0.717, 1.165) is 77.6 Å². The number of aromatic nitrogens is 4. The molecule has 5 heteroatoms. The van der Waals surface area contributed by atoms with Crippen LogP contribution in [0.1, 0.15) is 84.0 Å². The molecule has 2 N–H and O–H groups in total. The number of rotatable bonds is 3. The lowest BCUT2D eigenvalue weighted by atomic mass is 9.92. The van der Waals surface area contributed by atoms with Crippen molar-refractivity contribution in [1.29, 1.82) is 0 Å². The second kappa shape index (κ2) is 15.2. The summed E-state index contributed by atoms with van der Waals surface area (Å²) >= 11 is 4.51. The summed E-state index contributed by atoms with van der Waals surface area (Å²) in [6, 6.07) is 30.3. The zero-order valence-corrected chi connectivity index (χ0v) is 36.6. The Hall–Kier alpha value is -6.61. The third kappa shape index (κ3) is 7.01. The molecule has 0 aliphatic carbocycles. The molecule has 2 aliphatic heterocycles. The van der Waals surface area contributed by atoms with Crippen molar-refractivity contribution in [3.05, 3.63) is 169 Å². The molecule has 2 aliphatic rings. The summed E-state index contributed by atoms with van der Waals surface area (Å²) in [6.07, 6.45) is 8.62. The number of thiol groups is 1. The van der Waals surface area contributed by atoms with Gasteiger partial charge in [0, 0.05) is 43.7 Å². The topological polar surface area (TPSA) is 57.4 Å². The fourth-order valence-electron chi connectivity index (χ4n) is 9.53. The van der Waals surface area contributed by atoms with Crippen LogP contribution in [-0.2, 0) is 0 Å². The molecule has 0 saturated carbocycles. The Morgan fingerprint density at radius 2 is 0.717 bits per heavy atom. The van der Waals surface area contributed by atoms with Crippen molar-refractivity contribution in [2.45, 2.75) is 67.2 Å². The molecule has 8 bridgehead atoms. The predicted molar refractivity (Wildman–Crippen MR) is 257 cm³/mol. The van der Waals surface area contributed by atoms with Gasteiger partial charge in [-0.1, -0.05) is 64.9 Å². The second-order valence-electron chi connectivity index (χ2n) is 16.6. The van der Waals surface area contributed by atoms with Gasteiger partial charge in [0.1, 0.15) is 0 Å². The molecule has 4 nitrogen and oxygen atoms in total. The monoisotopic (exact) mass is 796 g/mol. The molecule has 4 aromatic carbocycles. The van der Waals surface area contributed by atoms with Crippen LogP contribution in [0, 0.1) is 74.2 Å². The zero-order valence-electron chi connectivity index (χ0n) is 35.7. The maximum atomic E-state index is 5.59. The molecule has 7 aromatic rings. The van der Waals surface area contributed by atoms with Gasteiger partial charge in [0.2, 0.25) is 0 Å². The highest BCUT2D eigenvalue weighted by molar-refractivity contribution is 7.80. The minimum absolute atomic E-state index is 0.798. The molecular formula is C55H48N4S. The highest BCUT2D eigenvalue weighted by Crippen LogP contribution is 2.41. The van der Waals surface area contributed by atoms with Gasteiger partial charge < -0.3 is 9.97 Å². The number of aromatic amines is 2. The number of aryl methyl sites for hydroxylation is 9. The number of hydrogen-bond donors (Lipinski definition) is 3. The largest absolute Gasteiger partial charge is 0.354 e. The molecule has 0 amide bonds. The van der Waals surface area contributed by atoms with Crippen molar-refractivity contribution in [2.24, 2.45) is 0 Å². The van der Waals surface area contributed by atoms with Crippen LogP contribution < -0.4 is 0 Å². The Bertz CT molecular complexity index is 3120.